The molecule has 1 aromatic carbocycles. The summed E-state index contributed by atoms with van der Waals surface area (Å²) in [6.45, 7) is 3.02. The second-order valence-electron chi connectivity index (χ2n) is 6.47. The molecular formula is C18H26N4O2. The van der Waals surface area contributed by atoms with E-state index in [0.29, 0.717) is 5.69 Å². The van der Waals surface area contributed by atoms with Crippen LogP contribution in [0.1, 0.15) is 38.5 Å². The zero-order chi connectivity index (χ0) is 16.8. The van der Waals surface area contributed by atoms with Gasteiger partial charge in [0.1, 0.15) is 0 Å². The van der Waals surface area contributed by atoms with Crippen LogP contribution in [0.15, 0.2) is 30.3 Å². The molecule has 0 saturated carbocycles. The van der Waals surface area contributed by atoms with E-state index in [4.69, 9.17) is 0 Å². The van der Waals surface area contributed by atoms with Crippen molar-refractivity contribution in [2.75, 3.05) is 31.2 Å². The van der Waals surface area contributed by atoms with Crippen LogP contribution in [0.3, 0.4) is 0 Å². The molecule has 2 aliphatic heterocycles. The number of anilines is 1. The molecule has 0 atom stereocenters. The van der Waals surface area contributed by atoms with Crippen molar-refractivity contribution in [3.8, 4) is 0 Å². The summed E-state index contributed by atoms with van der Waals surface area (Å²) in [7, 11) is 0. The number of hydrogen-bond donors (Lipinski definition) is 1. The van der Waals surface area contributed by atoms with Crippen molar-refractivity contribution in [3.05, 3.63) is 30.3 Å². The van der Waals surface area contributed by atoms with Gasteiger partial charge in [0.05, 0.1) is 5.69 Å². The first-order chi connectivity index (χ1) is 11.8. The second-order valence-corrected chi connectivity index (χ2v) is 6.47. The fourth-order valence-electron chi connectivity index (χ4n) is 3.29. The van der Waals surface area contributed by atoms with Crippen LogP contribution in [0.2, 0.25) is 0 Å². The normalized spacial score (nSPS) is 18.2. The Kier molecular flexibility index (Phi) is 5.56. The molecule has 4 amide bonds. The van der Waals surface area contributed by atoms with Gasteiger partial charge in [0, 0.05) is 26.2 Å². The topological polar surface area (TPSA) is 55.9 Å². The summed E-state index contributed by atoms with van der Waals surface area (Å²) in [5, 5.41) is 1.41. The van der Waals surface area contributed by atoms with Crippen LogP contribution < -0.4 is 10.4 Å². The van der Waals surface area contributed by atoms with Gasteiger partial charge in [0.2, 0.25) is 0 Å². The monoisotopic (exact) mass is 330 g/mol. The Bertz CT molecular complexity index is 551. The number of nitrogens with zero attached hydrogens (tertiary/aromatic N) is 3. The Morgan fingerprint density at radius 1 is 0.792 bits per heavy atom. The maximum Gasteiger partial charge on any atom is 0.343 e. The fourth-order valence-corrected chi connectivity index (χ4v) is 3.29. The van der Waals surface area contributed by atoms with Crippen molar-refractivity contribution in [2.45, 2.75) is 38.5 Å². The van der Waals surface area contributed by atoms with Crippen molar-refractivity contribution >= 4 is 17.7 Å². The summed E-state index contributed by atoms with van der Waals surface area (Å²) in [4.78, 5) is 29.1. The van der Waals surface area contributed by atoms with Crippen LogP contribution in [-0.2, 0) is 0 Å². The third-order valence-corrected chi connectivity index (χ3v) is 4.68. The lowest BCUT2D eigenvalue weighted by Crippen LogP contribution is -2.57. The molecule has 24 heavy (non-hydrogen) atoms. The number of benzene rings is 1. The van der Waals surface area contributed by atoms with Crippen molar-refractivity contribution in [1.29, 1.82) is 0 Å². The van der Waals surface area contributed by atoms with Crippen LogP contribution in [0, 0.1) is 0 Å². The molecule has 0 radical (unpaired) electrons. The number of carbonyl (C=O) groups is 2. The molecular weight excluding hydrogens is 304 g/mol. The van der Waals surface area contributed by atoms with Gasteiger partial charge >= 0.3 is 12.1 Å². The number of hydrazine groups is 1. The summed E-state index contributed by atoms with van der Waals surface area (Å²) in [6, 6.07) is 9.00. The van der Waals surface area contributed by atoms with Crippen LogP contribution in [0.4, 0.5) is 15.3 Å². The molecule has 1 N–H and O–H groups in total. The molecule has 2 aliphatic rings. The first kappa shape index (κ1) is 16.6. The van der Waals surface area contributed by atoms with Crippen LogP contribution in [0.25, 0.3) is 0 Å². The van der Waals surface area contributed by atoms with Gasteiger partial charge in [-0.2, -0.15) is 0 Å². The van der Waals surface area contributed by atoms with Gasteiger partial charge in [-0.05, 0) is 50.7 Å². The zero-order valence-corrected chi connectivity index (χ0v) is 14.1. The third-order valence-electron chi connectivity index (χ3n) is 4.68. The molecule has 2 fully saturated rings. The summed E-state index contributed by atoms with van der Waals surface area (Å²) in [5.41, 5.74) is 3.52. The molecule has 1 aromatic rings. The number of amides is 4. The molecule has 0 aliphatic carbocycles. The first-order valence-electron chi connectivity index (χ1n) is 8.95. The summed E-state index contributed by atoms with van der Waals surface area (Å²) >= 11 is 0. The standard InChI is InChI=1S/C18H26N4O2/c23-17(20-12-6-2-7-13-20)19-22(16-10-4-1-5-11-16)18(24)21-14-8-3-9-15-21/h1,4-5,10-11H,2-3,6-9,12-15H2,(H,19,23). The number of rotatable bonds is 1. The maximum atomic E-state index is 12.9. The predicted octanol–water partition coefficient (Wildman–Crippen LogP) is 3.21. The largest absolute Gasteiger partial charge is 0.343 e. The lowest BCUT2D eigenvalue weighted by Gasteiger charge is -2.35. The highest BCUT2D eigenvalue weighted by Crippen LogP contribution is 2.17. The molecule has 3 rings (SSSR count). The minimum Gasteiger partial charge on any atom is -0.323 e. The highest BCUT2D eigenvalue weighted by Gasteiger charge is 2.27. The van der Waals surface area contributed by atoms with Gasteiger partial charge in [0.25, 0.3) is 0 Å². The van der Waals surface area contributed by atoms with E-state index < -0.39 is 0 Å². The van der Waals surface area contributed by atoms with E-state index in [9.17, 15) is 9.59 Å². The minimum absolute atomic E-state index is 0.147. The molecule has 0 aromatic heterocycles. The fraction of sp³-hybridized carbons (Fsp3) is 0.556. The Morgan fingerprint density at radius 3 is 1.92 bits per heavy atom. The van der Waals surface area contributed by atoms with Gasteiger partial charge in [-0.25, -0.2) is 20.0 Å². The number of hydrogen-bond acceptors (Lipinski definition) is 2. The number of nitrogens with one attached hydrogen (secondary N) is 1. The average molecular weight is 330 g/mol. The quantitative estimate of drug-likeness (QED) is 0.804. The molecule has 2 heterocycles. The van der Waals surface area contributed by atoms with Gasteiger partial charge < -0.3 is 9.80 Å². The van der Waals surface area contributed by atoms with Crippen molar-refractivity contribution in [2.24, 2.45) is 0 Å². The lowest BCUT2D eigenvalue weighted by molar-refractivity contribution is 0.175. The number of likely N-dealkylation sites (tertiary alicyclic amines) is 2. The van der Waals surface area contributed by atoms with Crippen molar-refractivity contribution in [3.63, 3.8) is 0 Å². The Hall–Kier alpha value is -2.24. The van der Waals surface area contributed by atoms with E-state index in [1.54, 1.807) is 4.90 Å². The Labute approximate surface area is 143 Å². The van der Waals surface area contributed by atoms with Gasteiger partial charge in [0.15, 0.2) is 0 Å². The molecule has 6 heteroatoms. The van der Waals surface area contributed by atoms with Crippen molar-refractivity contribution in [1.82, 2.24) is 15.2 Å². The average Bonchev–Trinajstić information content (AvgIpc) is 2.67. The molecule has 130 valence electrons. The zero-order valence-electron chi connectivity index (χ0n) is 14.1. The summed E-state index contributed by atoms with van der Waals surface area (Å²) in [5.74, 6) is 0. The van der Waals surface area contributed by atoms with E-state index in [0.717, 1.165) is 58.3 Å². The van der Waals surface area contributed by atoms with Gasteiger partial charge in [-0.3, -0.25) is 0 Å². The van der Waals surface area contributed by atoms with Crippen LogP contribution in [-0.4, -0.2) is 48.0 Å². The molecule has 0 bridgehead atoms. The first-order valence-corrected chi connectivity index (χ1v) is 8.95. The van der Waals surface area contributed by atoms with Crippen LogP contribution >= 0.6 is 0 Å². The SMILES string of the molecule is O=C(NN(C(=O)N1CCCCC1)c1ccccc1)N1CCCCC1. The van der Waals surface area contributed by atoms with E-state index in [1.807, 2.05) is 35.2 Å². The number of piperidine rings is 2. The van der Waals surface area contributed by atoms with Gasteiger partial charge in [-0.1, -0.05) is 18.2 Å². The summed E-state index contributed by atoms with van der Waals surface area (Å²) < 4.78 is 0. The maximum absolute atomic E-state index is 12.9. The lowest BCUT2D eigenvalue weighted by atomic mass is 10.1. The highest BCUT2D eigenvalue weighted by atomic mass is 16.2. The molecule has 0 unspecified atom stereocenters. The highest BCUT2D eigenvalue weighted by molar-refractivity contribution is 5.95. The number of carbonyl (C=O) groups excluding carboxylic acids is 2. The summed E-state index contributed by atoms with van der Waals surface area (Å²) in [6.07, 6.45) is 6.43. The predicted molar refractivity (Wildman–Crippen MR) is 93.7 cm³/mol. The number of para-hydroxylation sites is 1. The van der Waals surface area contributed by atoms with E-state index >= 15 is 0 Å². The Balaban J connectivity index is 1.74. The number of urea groups is 2. The Morgan fingerprint density at radius 2 is 1.33 bits per heavy atom. The van der Waals surface area contributed by atoms with E-state index in [2.05, 4.69) is 5.43 Å². The third kappa shape index (κ3) is 3.99. The van der Waals surface area contributed by atoms with Gasteiger partial charge in [-0.15, -0.1) is 0 Å². The smallest absolute Gasteiger partial charge is 0.323 e. The van der Waals surface area contributed by atoms with E-state index in [1.165, 1.54) is 11.4 Å². The molecule has 2 saturated heterocycles. The molecule has 6 nitrogen and oxygen atoms in total. The van der Waals surface area contributed by atoms with Crippen molar-refractivity contribution < 1.29 is 9.59 Å². The van der Waals surface area contributed by atoms with Crippen LogP contribution in [0.5, 0.6) is 0 Å². The van der Waals surface area contributed by atoms with E-state index in [-0.39, 0.29) is 12.1 Å². The molecule has 0 spiro atoms. The second kappa shape index (κ2) is 8.04. The minimum atomic E-state index is -0.191.